The Kier molecular flexibility index (Phi) is 4.30. The van der Waals surface area contributed by atoms with Crippen molar-refractivity contribution >= 4 is 9.84 Å². The third-order valence-corrected chi connectivity index (χ3v) is 6.86. The molecule has 0 spiro atoms. The summed E-state index contributed by atoms with van der Waals surface area (Å²) in [6, 6.07) is 3.99. The molecule has 2 aromatic heterocycles. The van der Waals surface area contributed by atoms with Gasteiger partial charge in [0, 0.05) is 51.2 Å². The zero-order chi connectivity index (χ0) is 17.4. The van der Waals surface area contributed by atoms with Gasteiger partial charge in [-0.3, -0.25) is 14.8 Å². The molecule has 0 unspecified atom stereocenters. The van der Waals surface area contributed by atoms with Crippen LogP contribution in [0.15, 0.2) is 30.9 Å². The van der Waals surface area contributed by atoms with Crippen molar-refractivity contribution in [3.63, 3.8) is 0 Å². The summed E-state index contributed by atoms with van der Waals surface area (Å²) in [7, 11) is -1.10. The topological polar surface area (TPSA) is 84.2 Å². The van der Waals surface area contributed by atoms with Crippen LogP contribution in [-0.4, -0.2) is 74.6 Å². The first-order chi connectivity index (χ1) is 12.0. The van der Waals surface area contributed by atoms with Gasteiger partial charge in [-0.25, -0.2) is 8.42 Å². The summed E-state index contributed by atoms with van der Waals surface area (Å²) in [6.07, 6.45) is 5.28. The Labute approximate surface area is 147 Å². The van der Waals surface area contributed by atoms with Gasteiger partial charge in [0.2, 0.25) is 0 Å². The molecule has 0 bridgehead atoms. The van der Waals surface area contributed by atoms with Gasteiger partial charge in [0.25, 0.3) is 0 Å². The summed E-state index contributed by atoms with van der Waals surface area (Å²) in [4.78, 5) is 8.71. The van der Waals surface area contributed by atoms with Gasteiger partial charge in [0.05, 0.1) is 18.1 Å². The zero-order valence-corrected chi connectivity index (χ0v) is 15.0. The van der Waals surface area contributed by atoms with E-state index in [2.05, 4.69) is 25.0 Å². The first-order valence-electron chi connectivity index (χ1n) is 8.42. The number of sulfone groups is 1. The normalized spacial score (nSPS) is 26.6. The molecule has 0 amide bonds. The first kappa shape index (κ1) is 16.6. The van der Waals surface area contributed by atoms with Crippen LogP contribution in [-0.2, 0) is 30.0 Å². The molecule has 0 aromatic carbocycles. The Morgan fingerprint density at radius 2 is 1.88 bits per heavy atom. The van der Waals surface area contributed by atoms with Crippen LogP contribution < -0.4 is 0 Å². The van der Waals surface area contributed by atoms with Crippen LogP contribution >= 0.6 is 0 Å². The van der Waals surface area contributed by atoms with Crippen LogP contribution in [0.3, 0.4) is 0 Å². The highest BCUT2D eigenvalue weighted by Gasteiger charge is 2.46. The molecule has 2 aliphatic rings. The third kappa shape index (κ3) is 3.44. The summed E-state index contributed by atoms with van der Waals surface area (Å²) in [6.45, 7) is 3.03. The molecule has 9 heteroatoms. The lowest BCUT2D eigenvalue weighted by Crippen LogP contribution is -2.58. The molecule has 8 nitrogen and oxygen atoms in total. The molecule has 0 saturated carbocycles. The van der Waals surface area contributed by atoms with Crippen molar-refractivity contribution in [2.24, 2.45) is 7.05 Å². The van der Waals surface area contributed by atoms with E-state index in [0.717, 1.165) is 31.0 Å². The number of piperazine rings is 1. The van der Waals surface area contributed by atoms with E-state index in [9.17, 15) is 8.42 Å². The number of nitrogens with zero attached hydrogens (tertiary/aromatic N) is 6. The SMILES string of the molecule is Cn1cnnc1CN1CCN(Cc2cccnc2)[C@@H]2CS(=O)(=O)C[C@@H]21. The van der Waals surface area contributed by atoms with Gasteiger partial charge in [-0.05, 0) is 11.6 Å². The Morgan fingerprint density at radius 3 is 2.48 bits per heavy atom. The summed E-state index contributed by atoms with van der Waals surface area (Å²) in [5.41, 5.74) is 1.12. The van der Waals surface area contributed by atoms with Crippen LogP contribution in [0.5, 0.6) is 0 Å². The molecule has 2 saturated heterocycles. The van der Waals surface area contributed by atoms with Gasteiger partial charge in [-0.2, -0.15) is 0 Å². The van der Waals surface area contributed by atoms with Crippen molar-refractivity contribution < 1.29 is 8.42 Å². The minimum atomic E-state index is -3.02. The predicted octanol–water partition coefficient (Wildman–Crippen LogP) is -0.306. The predicted molar refractivity (Wildman–Crippen MR) is 92.3 cm³/mol. The van der Waals surface area contributed by atoms with Crippen molar-refractivity contribution in [1.29, 1.82) is 0 Å². The van der Waals surface area contributed by atoms with E-state index >= 15 is 0 Å². The van der Waals surface area contributed by atoms with Gasteiger partial charge in [0.15, 0.2) is 9.84 Å². The van der Waals surface area contributed by atoms with Crippen LogP contribution in [0.1, 0.15) is 11.4 Å². The van der Waals surface area contributed by atoms with E-state index in [-0.39, 0.29) is 23.6 Å². The highest BCUT2D eigenvalue weighted by atomic mass is 32.2. The lowest BCUT2D eigenvalue weighted by Gasteiger charge is -2.43. The first-order valence-corrected chi connectivity index (χ1v) is 10.2. The largest absolute Gasteiger partial charge is 0.320 e. The van der Waals surface area contributed by atoms with Crippen LogP contribution in [0.25, 0.3) is 0 Å². The quantitative estimate of drug-likeness (QED) is 0.738. The molecule has 2 aromatic rings. The van der Waals surface area contributed by atoms with E-state index in [1.807, 2.05) is 29.9 Å². The maximum absolute atomic E-state index is 12.3. The highest BCUT2D eigenvalue weighted by molar-refractivity contribution is 7.91. The number of fused-ring (bicyclic) bond motifs is 1. The molecule has 0 radical (unpaired) electrons. The highest BCUT2D eigenvalue weighted by Crippen LogP contribution is 2.29. The molecular formula is C16H22N6O2S. The number of hydrogen-bond acceptors (Lipinski definition) is 7. The molecule has 4 heterocycles. The molecule has 2 fully saturated rings. The Morgan fingerprint density at radius 1 is 1.16 bits per heavy atom. The smallest absolute Gasteiger partial charge is 0.153 e. The van der Waals surface area contributed by atoms with Crippen LogP contribution in [0.2, 0.25) is 0 Å². The fourth-order valence-corrected chi connectivity index (χ4v) is 5.89. The second-order valence-electron chi connectivity index (χ2n) is 6.87. The summed E-state index contributed by atoms with van der Waals surface area (Å²) >= 11 is 0. The lowest BCUT2D eigenvalue weighted by atomic mass is 10.0. The van der Waals surface area contributed by atoms with Crippen molar-refractivity contribution in [3.05, 3.63) is 42.2 Å². The molecular weight excluding hydrogens is 340 g/mol. The fraction of sp³-hybridized carbons (Fsp3) is 0.562. The number of hydrogen-bond donors (Lipinski definition) is 0. The standard InChI is InChI=1S/C16H22N6O2S/c1-20-12-18-19-16(20)9-22-6-5-21(8-13-3-2-4-17-7-13)14-10-25(23,24)11-15(14)22/h2-4,7,12,14-15H,5-6,8-11H2,1H3/t14-,15+/m1/s1. The third-order valence-electron chi connectivity index (χ3n) is 5.16. The molecule has 2 aliphatic heterocycles. The van der Waals surface area contributed by atoms with Gasteiger partial charge in [-0.1, -0.05) is 6.07 Å². The van der Waals surface area contributed by atoms with E-state index in [4.69, 9.17) is 0 Å². The monoisotopic (exact) mass is 362 g/mol. The molecule has 25 heavy (non-hydrogen) atoms. The average molecular weight is 362 g/mol. The summed E-state index contributed by atoms with van der Waals surface area (Å²) < 4.78 is 26.5. The maximum Gasteiger partial charge on any atom is 0.153 e. The fourth-order valence-electron chi connectivity index (χ4n) is 3.85. The second kappa shape index (κ2) is 6.47. The number of aromatic nitrogens is 4. The summed E-state index contributed by atoms with van der Waals surface area (Å²) in [5.74, 6) is 1.32. The van der Waals surface area contributed by atoms with Gasteiger partial charge < -0.3 is 4.57 Å². The number of aryl methyl sites for hydroxylation is 1. The Hall–Kier alpha value is -1.84. The minimum Gasteiger partial charge on any atom is -0.320 e. The molecule has 4 rings (SSSR count). The number of pyridine rings is 1. The van der Waals surface area contributed by atoms with Crippen LogP contribution in [0.4, 0.5) is 0 Å². The average Bonchev–Trinajstić information content (AvgIpc) is 3.13. The zero-order valence-electron chi connectivity index (χ0n) is 14.2. The van der Waals surface area contributed by atoms with Crippen molar-refractivity contribution in [3.8, 4) is 0 Å². The molecule has 2 atom stereocenters. The van der Waals surface area contributed by atoms with Gasteiger partial charge >= 0.3 is 0 Å². The van der Waals surface area contributed by atoms with Crippen molar-refractivity contribution in [2.45, 2.75) is 25.2 Å². The minimum absolute atomic E-state index is 0.00659. The van der Waals surface area contributed by atoms with E-state index in [1.165, 1.54) is 0 Å². The van der Waals surface area contributed by atoms with E-state index < -0.39 is 9.84 Å². The molecule has 0 aliphatic carbocycles. The Balaban J connectivity index is 1.54. The van der Waals surface area contributed by atoms with Gasteiger partial charge in [-0.15, -0.1) is 10.2 Å². The molecule has 0 N–H and O–H groups in total. The Bertz CT molecular complexity index is 837. The van der Waals surface area contributed by atoms with Gasteiger partial charge in [0.1, 0.15) is 12.2 Å². The number of rotatable bonds is 4. The van der Waals surface area contributed by atoms with Crippen molar-refractivity contribution in [2.75, 3.05) is 24.6 Å². The van der Waals surface area contributed by atoms with E-state index in [0.29, 0.717) is 6.54 Å². The summed E-state index contributed by atoms with van der Waals surface area (Å²) in [5, 5.41) is 8.07. The van der Waals surface area contributed by atoms with E-state index in [1.54, 1.807) is 12.5 Å². The molecule has 134 valence electrons. The van der Waals surface area contributed by atoms with Crippen LogP contribution in [0, 0.1) is 0 Å². The maximum atomic E-state index is 12.3. The van der Waals surface area contributed by atoms with Crippen molar-refractivity contribution in [1.82, 2.24) is 29.5 Å². The second-order valence-corrected chi connectivity index (χ2v) is 9.03. The lowest BCUT2D eigenvalue weighted by molar-refractivity contribution is 0.0334.